The number of hydrogen-bond donors (Lipinski definition) is 1. The molecule has 2 rings (SSSR count). The minimum absolute atomic E-state index is 0.174. The van der Waals surface area contributed by atoms with Gasteiger partial charge < -0.3 is 10.6 Å². The Morgan fingerprint density at radius 2 is 2.21 bits per heavy atom. The Balaban J connectivity index is 2.21. The van der Waals surface area contributed by atoms with Crippen LogP contribution in [0.5, 0.6) is 0 Å². The van der Waals surface area contributed by atoms with Gasteiger partial charge in [-0.15, -0.1) is 11.3 Å². The molecular formula is C12H15F3N2OS. The van der Waals surface area contributed by atoms with Gasteiger partial charge in [-0.2, -0.15) is 13.2 Å². The van der Waals surface area contributed by atoms with E-state index in [1.807, 2.05) is 0 Å². The van der Waals surface area contributed by atoms with E-state index in [0.29, 0.717) is 0 Å². The van der Waals surface area contributed by atoms with Crippen LogP contribution >= 0.6 is 11.3 Å². The van der Waals surface area contributed by atoms with E-state index >= 15 is 0 Å². The maximum absolute atomic E-state index is 12.6. The molecule has 1 aromatic heterocycles. The van der Waals surface area contributed by atoms with Crippen LogP contribution in [0.15, 0.2) is 11.4 Å². The van der Waals surface area contributed by atoms with E-state index in [1.165, 1.54) is 6.07 Å². The van der Waals surface area contributed by atoms with Crippen molar-refractivity contribution < 1.29 is 18.0 Å². The molecule has 0 spiro atoms. The number of nitrogens with two attached hydrogens (primary N) is 1. The average Bonchev–Trinajstić information content (AvgIpc) is 3.06. The molecule has 106 valence electrons. The SMILES string of the molecule is CC(C1CC1)N(CC(F)(F)F)C(=O)c1sccc1N. The van der Waals surface area contributed by atoms with Gasteiger partial charge in [-0.25, -0.2) is 0 Å². The molecule has 1 aliphatic carbocycles. The number of anilines is 1. The molecule has 3 nitrogen and oxygen atoms in total. The van der Waals surface area contributed by atoms with Crippen molar-refractivity contribution in [1.29, 1.82) is 0 Å². The number of thiophene rings is 1. The highest BCUT2D eigenvalue weighted by molar-refractivity contribution is 7.12. The molecule has 1 atom stereocenters. The zero-order valence-electron chi connectivity index (χ0n) is 10.4. The summed E-state index contributed by atoms with van der Waals surface area (Å²) >= 11 is 1.08. The monoisotopic (exact) mass is 292 g/mol. The Kier molecular flexibility index (Phi) is 3.75. The van der Waals surface area contributed by atoms with Crippen LogP contribution in [0, 0.1) is 5.92 Å². The van der Waals surface area contributed by atoms with Crippen molar-refractivity contribution in [2.45, 2.75) is 32.0 Å². The highest BCUT2D eigenvalue weighted by Crippen LogP contribution is 2.37. The van der Waals surface area contributed by atoms with Crippen LogP contribution in [0.3, 0.4) is 0 Å². The Morgan fingerprint density at radius 3 is 2.63 bits per heavy atom. The van der Waals surface area contributed by atoms with Crippen LogP contribution in [0.1, 0.15) is 29.4 Å². The number of alkyl halides is 3. The van der Waals surface area contributed by atoms with Crippen molar-refractivity contribution >= 4 is 22.9 Å². The van der Waals surface area contributed by atoms with Gasteiger partial charge in [0.05, 0.1) is 5.69 Å². The summed E-state index contributed by atoms with van der Waals surface area (Å²) in [6.07, 6.45) is -2.64. The van der Waals surface area contributed by atoms with Crippen molar-refractivity contribution in [2.24, 2.45) is 5.92 Å². The minimum Gasteiger partial charge on any atom is -0.397 e. The third-order valence-electron chi connectivity index (χ3n) is 3.30. The second kappa shape index (κ2) is 5.03. The van der Waals surface area contributed by atoms with Gasteiger partial charge in [0.2, 0.25) is 0 Å². The summed E-state index contributed by atoms with van der Waals surface area (Å²) in [5, 5.41) is 1.61. The van der Waals surface area contributed by atoms with E-state index in [1.54, 1.807) is 12.3 Å². The van der Waals surface area contributed by atoms with Crippen LogP contribution < -0.4 is 5.73 Å². The Bertz CT molecular complexity index is 468. The zero-order chi connectivity index (χ0) is 14.2. The van der Waals surface area contributed by atoms with Gasteiger partial charge in [0.1, 0.15) is 11.4 Å². The van der Waals surface area contributed by atoms with Gasteiger partial charge >= 0.3 is 6.18 Å². The molecule has 0 saturated heterocycles. The van der Waals surface area contributed by atoms with Gasteiger partial charge in [-0.05, 0) is 37.1 Å². The van der Waals surface area contributed by atoms with E-state index in [-0.39, 0.29) is 16.5 Å². The summed E-state index contributed by atoms with van der Waals surface area (Å²) < 4.78 is 37.9. The lowest BCUT2D eigenvalue weighted by Crippen LogP contribution is -2.45. The number of carbonyl (C=O) groups is 1. The molecule has 1 aromatic rings. The Morgan fingerprint density at radius 1 is 1.58 bits per heavy atom. The fourth-order valence-electron chi connectivity index (χ4n) is 2.05. The lowest BCUT2D eigenvalue weighted by atomic mass is 10.1. The van der Waals surface area contributed by atoms with Crippen molar-refractivity contribution in [3.05, 3.63) is 16.3 Å². The standard InChI is InChI=1S/C12H15F3N2OS/c1-7(8-2-3-8)17(6-12(13,14)15)11(18)10-9(16)4-5-19-10/h4-5,7-8H,2-3,6,16H2,1H3. The van der Waals surface area contributed by atoms with E-state index in [4.69, 9.17) is 5.73 Å². The molecule has 1 unspecified atom stereocenters. The maximum Gasteiger partial charge on any atom is 0.406 e. The third-order valence-corrected chi connectivity index (χ3v) is 4.21. The van der Waals surface area contributed by atoms with Crippen molar-refractivity contribution in [1.82, 2.24) is 4.90 Å². The number of hydrogen-bond acceptors (Lipinski definition) is 3. The summed E-state index contributed by atoms with van der Waals surface area (Å²) in [4.78, 5) is 13.3. The molecule has 2 N–H and O–H groups in total. The van der Waals surface area contributed by atoms with E-state index in [0.717, 1.165) is 29.1 Å². The van der Waals surface area contributed by atoms with Gasteiger partial charge in [0, 0.05) is 6.04 Å². The number of carbonyl (C=O) groups excluding carboxylic acids is 1. The molecule has 7 heteroatoms. The van der Waals surface area contributed by atoms with Gasteiger partial charge in [-0.3, -0.25) is 4.79 Å². The largest absolute Gasteiger partial charge is 0.406 e. The third kappa shape index (κ3) is 3.40. The minimum atomic E-state index is -4.40. The molecule has 1 amide bonds. The van der Waals surface area contributed by atoms with Gasteiger partial charge in [-0.1, -0.05) is 0 Å². The molecule has 1 aliphatic rings. The second-order valence-corrected chi connectivity index (χ2v) is 5.75. The molecule has 1 saturated carbocycles. The van der Waals surface area contributed by atoms with Crippen molar-refractivity contribution in [3.8, 4) is 0 Å². The van der Waals surface area contributed by atoms with E-state index in [9.17, 15) is 18.0 Å². The van der Waals surface area contributed by atoms with Crippen molar-refractivity contribution in [3.63, 3.8) is 0 Å². The Labute approximate surface area is 113 Å². The molecule has 0 radical (unpaired) electrons. The quantitative estimate of drug-likeness (QED) is 0.926. The number of amides is 1. The van der Waals surface area contributed by atoms with Crippen molar-refractivity contribution in [2.75, 3.05) is 12.3 Å². The van der Waals surface area contributed by atoms with Crippen LogP contribution in [0.25, 0.3) is 0 Å². The van der Waals surface area contributed by atoms with E-state index < -0.39 is 24.7 Å². The fourth-order valence-corrected chi connectivity index (χ4v) is 2.82. The van der Waals surface area contributed by atoms with Crippen LogP contribution in [0.4, 0.5) is 18.9 Å². The normalized spacial score (nSPS) is 17.3. The molecule has 1 heterocycles. The maximum atomic E-state index is 12.6. The average molecular weight is 292 g/mol. The predicted octanol–water partition coefficient (Wildman–Crippen LogP) is 3.13. The Hall–Kier alpha value is -1.24. The topological polar surface area (TPSA) is 46.3 Å². The summed E-state index contributed by atoms with van der Waals surface area (Å²) in [5.74, 6) is -0.447. The molecule has 0 bridgehead atoms. The first-order valence-electron chi connectivity index (χ1n) is 6.00. The molecule has 19 heavy (non-hydrogen) atoms. The predicted molar refractivity (Wildman–Crippen MR) is 68.0 cm³/mol. The lowest BCUT2D eigenvalue weighted by Gasteiger charge is -2.30. The molecule has 0 aromatic carbocycles. The number of nitrogen functional groups attached to an aromatic ring is 1. The van der Waals surface area contributed by atoms with Crippen LogP contribution in [0.2, 0.25) is 0 Å². The highest BCUT2D eigenvalue weighted by atomic mass is 32.1. The molecular weight excluding hydrogens is 277 g/mol. The number of nitrogens with zero attached hydrogens (tertiary/aromatic N) is 1. The second-order valence-electron chi connectivity index (χ2n) is 4.83. The summed E-state index contributed by atoms with van der Waals surface area (Å²) in [7, 11) is 0. The highest BCUT2D eigenvalue weighted by Gasteiger charge is 2.41. The van der Waals surface area contributed by atoms with E-state index in [2.05, 4.69) is 0 Å². The van der Waals surface area contributed by atoms with Gasteiger partial charge in [0.15, 0.2) is 0 Å². The smallest absolute Gasteiger partial charge is 0.397 e. The first-order valence-corrected chi connectivity index (χ1v) is 6.88. The zero-order valence-corrected chi connectivity index (χ0v) is 11.2. The summed E-state index contributed by atoms with van der Waals surface area (Å²) in [6.45, 7) is 0.450. The fraction of sp³-hybridized carbons (Fsp3) is 0.583. The number of halogens is 3. The summed E-state index contributed by atoms with van der Waals surface area (Å²) in [5.41, 5.74) is 5.86. The number of rotatable bonds is 4. The first kappa shape index (κ1) is 14.2. The van der Waals surface area contributed by atoms with Crippen LogP contribution in [-0.4, -0.2) is 29.6 Å². The lowest BCUT2D eigenvalue weighted by molar-refractivity contribution is -0.144. The first-order chi connectivity index (χ1) is 8.79. The molecule has 0 aliphatic heterocycles. The summed E-state index contributed by atoms with van der Waals surface area (Å²) in [6, 6.07) is 1.13. The van der Waals surface area contributed by atoms with Crippen LogP contribution in [-0.2, 0) is 0 Å². The van der Waals surface area contributed by atoms with Gasteiger partial charge in [0.25, 0.3) is 5.91 Å². The molecule has 1 fully saturated rings.